The average Bonchev–Trinajstić information content (AvgIpc) is 2.76. The highest BCUT2D eigenvalue weighted by Gasteiger charge is 2.13. The summed E-state index contributed by atoms with van der Waals surface area (Å²) in [6.45, 7) is 2.72. The summed E-state index contributed by atoms with van der Waals surface area (Å²) in [7, 11) is 3.38. The van der Waals surface area contributed by atoms with Crippen molar-refractivity contribution in [2.45, 2.75) is 19.5 Å². The summed E-state index contributed by atoms with van der Waals surface area (Å²) in [6.07, 6.45) is 1.35. The van der Waals surface area contributed by atoms with E-state index in [1.165, 1.54) is 15.8 Å². The molecule has 1 atom stereocenters. The molecule has 0 aliphatic carbocycles. The molecule has 18 heavy (non-hydrogen) atoms. The Morgan fingerprint density at radius 3 is 2.72 bits per heavy atom. The molecule has 8 nitrogen and oxygen atoms in total. The summed E-state index contributed by atoms with van der Waals surface area (Å²) in [5.41, 5.74) is -0.0904. The minimum absolute atomic E-state index is 0.0141. The van der Waals surface area contributed by atoms with E-state index >= 15 is 0 Å². The van der Waals surface area contributed by atoms with Gasteiger partial charge in [0.15, 0.2) is 5.69 Å². The summed E-state index contributed by atoms with van der Waals surface area (Å²) in [5, 5.41) is 18.8. The van der Waals surface area contributed by atoms with Crippen LogP contribution in [0.3, 0.4) is 0 Å². The molecule has 0 saturated heterocycles. The van der Waals surface area contributed by atoms with Crippen LogP contribution < -0.4 is 5.32 Å². The molecule has 0 aromatic carbocycles. The van der Waals surface area contributed by atoms with Gasteiger partial charge in [0.2, 0.25) is 5.91 Å². The van der Waals surface area contributed by atoms with Crippen molar-refractivity contribution in [1.29, 1.82) is 0 Å². The number of hydrogen-bond donors (Lipinski definition) is 2. The fraction of sp³-hybridized carbons (Fsp3) is 0.600. The Morgan fingerprint density at radius 1 is 1.56 bits per heavy atom. The molecule has 0 radical (unpaired) electrons. The van der Waals surface area contributed by atoms with Gasteiger partial charge in [0.25, 0.3) is 0 Å². The number of nitrogens with one attached hydrogen (secondary N) is 1. The van der Waals surface area contributed by atoms with Crippen LogP contribution in [0, 0.1) is 0 Å². The van der Waals surface area contributed by atoms with Crippen LogP contribution in [0.4, 0.5) is 0 Å². The van der Waals surface area contributed by atoms with Crippen molar-refractivity contribution in [3.05, 3.63) is 11.9 Å². The third-order valence-electron chi connectivity index (χ3n) is 2.36. The van der Waals surface area contributed by atoms with Gasteiger partial charge in [-0.1, -0.05) is 5.21 Å². The number of carboxylic acid groups (broad SMARTS) is 1. The van der Waals surface area contributed by atoms with E-state index in [0.717, 1.165) is 0 Å². The normalized spacial score (nSPS) is 12.2. The van der Waals surface area contributed by atoms with Crippen molar-refractivity contribution in [3.8, 4) is 0 Å². The highest BCUT2D eigenvalue weighted by molar-refractivity contribution is 5.84. The van der Waals surface area contributed by atoms with Crippen LogP contribution in [0.25, 0.3) is 0 Å². The molecular weight excluding hydrogens is 238 g/mol. The van der Waals surface area contributed by atoms with Crippen molar-refractivity contribution < 1.29 is 14.7 Å². The lowest BCUT2D eigenvalue weighted by Gasteiger charge is -2.17. The second kappa shape index (κ2) is 6.10. The van der Waals surface area contributed by atoms with Gasteiger partial charge in [-0.15, -0.1) is 5.10 Å². The fourth-order valence-corrected chi connectivity index (χ4v) is 1.38. The van der Waals surface area contributed by atoms with E-state index in [-0.39, 0.29) is 17.6 Å². The molecule has 1 heterocycles. The zero-order valence-corrected chi connectivity index (χ0v) is 10.6. The van der Waals surface area contributed by atoms with Gasteiger partial charge in [-0.3, -0.25) is 9.48 Å². The summed E-state index contributed by atoms with van der Waals surface area (Å²) in [6, 6.07) is -0.289. The second-order valence-electron chi connectivity index (χ2n) is 4.08. The smallest absolute Gasteiger partial charge is 0.358 e. The maximum Gasteiger partial charge on any atom is 0.358 e. The molecule has 0 aliphatic heterocycles. The number of carbonyl (C=O) groups excluding carboxylic acids is 1. The SMILES string of the molecule is CC(NCCn1cc(C(=O)O)nn1)C(=O)N(C)C. The first-order valence-corrected chi connectivity index (χ1v) is 5.49. The molecule has 2 N–H and O–H groups in total. The molecule has 1 amide bonds. The Morgan fingerprint density at radius 2 is 2.22 bits per heavy atom. The van der Waals surface area contributed by atoms with E-state index in [1.54, 1.807) is 21.0 Å². The number of hydrogen-bond acceptors (Lipinski definition) is 5. The third-order valence-corrected chi connectivity index (χ3v) is 2.36. The lowest BCUT2D eigenvalue weighted by molar-refractivity contribution is -0.130. The van der Waals surface area contributed by atoms with Crippen molar-refractivity contribution in [2.75, 3.05) is 20.6 Å². The Hall–Kier alpha value is -1.96. The van der Waals surface area contributed by atoms with Gasteiger partial charge in [0.05, 0.1) is 18.8 Å². The first-order valence-electron chi connectivity index (χ1n) is 5.49. The van der Waals surface area contributed by atoms with E-state index in [1.807, 2.05) is 0 Å². The van der Waals surface area contributed by atoms with E-state index in [0.29, 0.717) is 13.1 Å². The number of nitrogens with zero attached hydrogens (tertiary/aromatic N) is 4. The zero-order valence-electron chi connectivity index (χ0n) is 10.6. The standard InChI is InChI=1S/C10H17N5O3/c1-7(9(16)14(2)3)11-4-5-15-6-8(10(17)18)12-13-15/h6-7,11H,4-5H2,1-3H3,(H,17,18). The van der Waals surface area contributed by atoms with Crippen LogP contribution in [0.1, 0.15) is 17.4 Å². The molecule has 0 bridgehead atoms. The summed E-state index contributed by atoms with van der Waals surface area (Å²) in [5.74, 6) is -1.12. The molecule has 1 aromatic rings. The summed E-state index contributed by atoms with van der Waals surface area (Å²) in [4.78, 5) is 23.6. The third kappa shape index (κ3) is 3.81. The van der Waals surface area contributed by atoms with Crippen molar-refractivity contribution in [2.24, 2.45) is 0 Å². The van der Waals surface area contributed by atoms with Gasteiger partial charge in [0.1, 0.15) is 0 Å². The lowest BCUT2D eigenvalue weighted by Crippen LogP contribution is -2.42. The molecule has 0 spiro atoms. The molecule has 1 unspecified atom stereocenters. The molecule has 0 saturated carbocycles. The lowest BCUT2D eigenvalue weighted by atomic mass is 10.3. The average molecular weight is 255 g/mol. The Balaban J connectivity index is 2.37. The van der Waals surface area contributed by atoms with Crippen LogP contribution in [-0.2, 0) is 11.3 Å². The van der Waals surface area contributed by atoms with E-state index < -0.39 is 5.97 Å². The monoisotopic (exact) mass is 255 g/mol. The fourth-order valence-electron chi connectivity index (χ4n) is 1.38. The topological polar surface area (TPSA) is 100 Å². The number of aromatic nitrogens is 3. The molecule has 8 heteroatoms. The van der Waals surface area contributed by atoms with Crippen molar-refractivity contribution in [3.63, 3.8) is 0 Å². The van der Waals surface area contributed by atoms with E-state index in [4.69, 9.17) is 5.11 Å². The number of aromatic carboxylic acids is 1. The Kier molecular flexibility index (Phi) is 4.78. The van der Waals surface area contributed by atoms with Crippen molar-refractivity contribution in [1.82, 2.24) is 25.2 Å². The van der Waals surface area contributed by atoms with E-state index in [2.05, 4.69) is 15.6 Å². The number of carbonyl (C=O) groups is 2. The molecule has 1 aromatic heterocycles. The molecular formula is C10H17N5O3. The van der Waals surface area contributed by atoms with Crippen LogP contribution >= 0.6 is 0 Å². The van der Waals surface area contributed by atoms with Gasteiger partial charge in [-0.2, -0.15) is 0 Å². The maximum atomic E-state index is 11.5. The predicted octanol–water partition coefficient (Wildman–Crippen LogP) is -0.957. The summed E-state index contributed by atoms with van der Waals surface area (Å²) >= 11 is 0. The second-order valence-corrected chi connectivity index (χ2v) is 4.08. The highest BCUT2D eigenvalue weighted by atomic mass is 16.4. The van der Waals surface area contributed by atoms with Crippen LogP contribution in [0.5, 0.6) is 0 Å². The highest BCUT2D eigenvalue weighted by Crippen LogP contribution is 1.93. The molecule has 1 rings (SSSR count). The Bertz CT molecular complexity index is 429. The van der Waals surface area contributed by atoms with Gasteiger partial charge in [-0.25, -0.2) is 4.79 Å². The van der Waals surface area contributed by atoms with Crippen molar-refractivity contribution >= 4 is 11.9 Å². The minimum atomic E-state index is -1.11. The van der Waals surface area contributed by atoms with Gasteiger partial charge >= 0.3 is 5.97 Å². The van der Waals surface area contributed by atoms with Crippen LogP contribution in [0.15, 0.2) is 6.20 Å². The van der Waals surface area contributed by atoms with Gasteiger partial charge in [-0.05, 0) is 6.92 Å². The van der Waals surface area contributed by atoms with E-state index in [9.17, 15) is 9.59 Å². The number of likely N-dealkylation sites (N-methyl/N-ethyl adjacent to an activating group) is 1. The number of amides is 1. The number of rotatable bonds is 6. The van der Waals surface area contributed by atoms with Crippen LogP contribution in [-0.4, -0.2) is 63.6 Å². The maximum absolute atomic E-state index is 11.5. The minimum Gasteiger partial charge on any atom is -0.476 e. The largest absolute Gasteiger partial charge is 0.476 e. The Labute approximate surface area is 105 Å². The van der Waals surface area contributed by atoms with Crippen LogP contribution in [0.2, 0.25) is 0 Å². The molecule has 0 aliphatic rings. The zero-order chi connectivity index (χ0) is 13.7. The molecule has 100 valence electrons. The quantitative estimate of drug-likeness (QED) is 0.679. The summed E-state index contributed by atoms with van der Waals surface area (Å²) < 4.78 is 1.42. The first kappa shape index (κ1) is 14.1. The number of carboxylic acids is 1. The van der Waals surface area contributed by atoms with Gasteiger partial charge in [0, 0.05) is 20.6 Å². The predicted molar refractivity (Wildman–Crippen MR) is 63.1 cm³/mol. The molecule has 0 fully saturated rings. The van der Waals surface area contributed by atoms with Gasteiger partial charge < -0.3 is 15.3 Å². The first-order chi connectivity index (χ1) is 8.41.